The fourth-order valence-electron chi connectivity index (χ4n) is 2.56. The molecule has 0 fully saturated rings. The SMILES string of the molecule is N#Cc1c(-c2ccc(C(F)(F)F)cc2)cc(-c2ccccc2F)nc1N. The smallest absolute Gasteiger partial charge is 0.383 e. The summed E-state index contributed by atoms with van der Waals surface area (Å²) in [6.07, 6.45) is -4.47. The van der Waals surface area contributed by atoms with Crippen molar-refractivity contribution in [3.05, 3.63) is 71.5 Å². The lowest BCUT2D eigenvalue weighted by Crippen LogP contribution is -2.04. The molecule has 0 aliphatic rings. The number of alkyl halides is 3. The Kier molecular flexibility index (Phi) is 4.34. The Balaban J connectivity index is 2.18. The standard InChI is InChI=1S/C19H11F4N3/c20-16-4-2-1-3-13(16)17-9-14(15(10-24)18(25)26-17)11-5-7-12(8-6-11)19(21,22)23/h1-9H,(H2,25,26). The van der Waals surface area contributed by atoms with Crippen LogP contribution in [-0.4, -0.2) is 4.98 Å². The van der Waals surface area contributed by atoms with Gasteiger partial charge in [0.25, 0.3) is 0 Å². The molecule has 0 spiro atoms. The van der Waals surface area contributed by atoms with Gasteiger partial charge >= 0.3 is 6.18 Å². The lowest BCUT2D eigenvalue weighted by atomic mass is 9.97. The summed E-state index contributed by atoms with van der Waals surface area (Å²) in [7, 11) is 0. The van der Waals surface area contributed by atoms with Crippen molar-refractivity contribution in [1.82, 2.24) is 4.98 Å². The Morgan fingerprint density at radius 1 is 0.962 bits per heavy atom. The van der Waals surface area contributed by atoms with Crippen molar-refractivity contribution in [2.75, 3.05) is 5.73 Å². The van der Waals surface area contributed by atoms with Gasteiger partial charge in [-0.15, -0.1) is 0 Å². The molecule has 0 aliphatic heterocycles. The Bertz CT molecular complexity index is 1000. The second-order valence-electron chi connectivity index (χ2n) is 5.48. The van der Waals surface area contributed by atoms with E-state index in [2.05, 4.69) is 4.98 Å². The molecule has 3 nitrogen and oxygen atoms in total. The van der Waals surface area contributed by atoms with Crippen LogP contribution in [0.25, 0.3) is 22.4 Å². The lowest BCUT2D eigenvalue weighted by molar-refractivity contribution is -0.137. The van der Waals surface area contributed by atoms with Crippen molar-refractivity contribution in [1.29, 1.82) is 5.26 Å². The van der Waals surface area contributed by atoms with Crippen LogP contribution in [0.4, 0.5) is 23.4 Å². The maximum absolute atomic E-state index is 14.0. The van der Waals surface area contributed by atoms with E-state index in [0.717, 1.165) is 12.1 Å². The molecule has 2 N–H and O–H groups in total. The Morgan fingerprint density at radius 2 is 1.62 bits per heavy atom. The highest BCUT2D eigenvalue weighted by molar-refractivity contribution is 5.80. The molecule has 0 aliphatic carbocycles. The van der Waals surface area contributed by atoms with Crippen LogP contribution in [0.2, 0.25) is 0 Å². The fraction of sp³-hybridized carbons (Fsp3) is 0.0526. The highest BCUT2D eigenvalue weighted by Gasteiger charge is 2.30. The van der Waals surface area contributed by atoms with Gasteiger partial charge in [0, 0.05) is 11.1 Å². The van der Waals surface area contributed by atoms with Gasteiger partial charge in [-0.3, -0.25) is 0 Å². The van der Waals surface area contributed by atoms with Crippen molar-refractivity contribution >= 4 is 5.82 Å². The summed E-state index contributed by atoms with van der Waals surface area (Å²) in [4.78, 5) is 4.05. The molecule has 26 heavy (non-hydrogen) atoms. The summed E-state index contributed by atoms with van der Waals surface area (Å²) in [6, 6.07) is 13.5. The van der Waals surface area contributed by atoms with Crippen molar-refractivity contribution in [3.8, 4) is 28.5 Å². The van der Waals surface area contributed by atoms with Gasteiger partial charge < -0.3 is 5.73 Å². The third-order valence-corrected chi connectivity index (χ3v) is 3.83. The summed E-state index contributed by atoms with van der Waals surface area (Å²) < 4.78 is 52.2. The predicted octanol–water partition coefficient (Wildman–Crippen LogP) is 5.03. The Hall–Kier alpha value is -3.40. The maximum Gasteiger partial charge on any atom is 0.416 e. The van der Waals surface area contributed by atoms with Crippen LogP contribution in [0.5, 0.6) is 0 Å². The van der Waals surface area contributed by atoms with Gasteiger partial charge in [0.15, 0.2) is 0 Å². The number of aromatic nitrogens is 1. The Morgan fingerprint density at radius 3 is 2.19 bits per heavy atom. The third kappa shape index (κ3) is 3.22. The number of anilines is 1. The average Bonchev–Trinajstić information content (AvgIpc) is 2.61. The summed E-state index contributed by atoms with van der Waals surface area (Å²) in [5, 5.41) is 9.34. The van der Waals surface area contributed by atoms with E-state index in [-0.39, 0.29) is 28.2 Å². The van der Waals surface area contributed by atoms with Crippen LogP contribution < -0.4 is 5.73 Å². The number of hydrogen-bond acceptors (Lipinski definition) is 3. The quantitative estimate of drug-likeness (QED) is 0.655. The van der Waals surface area contributed by atoms with Gasteiger partial charge in [-0.25, -0.2) is 9.37 Å². The first-order chi connectivity index (χ1) is 12.3. The van der Waals surface area contributed by atoms with E-state index in [1.165, 1.54) is 36.4 Å². The van der Waals surface area contributed by atoms with Gasteiger partial charge in [-0.05, 0) is 35.9 Å². The van der Waals surface area contributed by atoms with E-state index >= 15 is 0 Å². The molecule has 0 radical (unpaired) electrons. The van der Waals surface area contributed by atoms with Crippen molar-refractivity contribution in [3.63, 3.8) is 0 Å². The molecule has 0 amide bonds. The van der Waals surface area contributed by atoms with Crippen LogP contribution in [0.15, 0.2) is 54.6 Å². The second kappa shape index (κ2) is 6.48. The number of halogens is 4. The molecule has 1 aromatic heterocycles. The first-order valence-corrected chi connectivity index (χ1v) is 7.44. The normalized spacial score (nSPS) is 11.2. The van der Waals surface area contributed by atoms with Crippen LogP contribution in [-0.2, 0) is 6.18 Å². The Labute approximate surface area is 146 Å². The van der Waals surface area contributed by atoms with Crippen LogP contribution >= 0.6 is 0 Å². The van der Waals surface area contributed by atoms with E-state index in [0.29, 0.717) is 5.56 Å². The summed E-state index contributed by atoms with van der Waals surface area (Å²) in [5.41, 5.74) is 6.03. The molecule has 0 saturated carbocycles. The van der Waals surface area contributed by atoms with E-state index in [9.17, 15) is 22.8 Å². The molecule has 3 aromatic rings. The largest absolute Gasteiger partial charge is 0.416 e. The number of nitrogens with two attached hydrogens (primary N) is 1. The number of hydrogen-bond donors (Lipinski definition) is 1. The molecule has 0 unspecified atom stereocenters. The van der Waals surface area contributed by atoms with E-state index in [4.69, 9.17) is 5.73 Å². The number of benzene rings is 2. The van der Waals surface area contributed by atoms with E-state index < -0.39 is 17.6 Å². The number of pyridine rings is 1. The van der Waals surface area contributed by atoms with Gasteiger partial charge in [-0.2, -0.15) is 18.4 Å². The molecule has 0 bridgehead atoms. The summed E-state index contributed by atoms with van der Waals surface area (Å²) in [6.45, 7) is 0. The average molecular weight is 357 g/mol. The molecule has 130 valence electrons. The number of nitrogens with zero attached hydrogens (tertiary/aromatic N) is 2. The number of rotatable bonds is 2. The fourth-order valence-corrected chi connectivity index (χ4v) is 2.56. The molecule has 0 atom stereocenters. The van der Waals surface area contributed by atoms with Gasteiger partial charge in [0.05, 0.1) is 11.3 Å². The maximum atomic E-state index is 14.0. The monoisotopic (exact) mass is 357 g/mol. The van der Waals surface area contributed by atoms with Crippen molar-refractivity contribution < 1.29 is 17.6 Å². The zero-order valence-electron chi connectivity index (χ0n) is 13.2. The van der Waals surface area contributed by atoms with E-state index in [1.807, 2.05) is 6.07 Å². The molecular formula is C19H11F4N3. The highest BCUT2D eigenvalue weighted by Crippen LogP contribution is 2.34. The molecule has 1 heterocycles. The van der Waals surface area contributed by atoms with Crippen LogP contribution in [0.1, 0.15) is 11.1 Å². The number of nitrogen functional groups attached to an aromatic ring is 1. The second-order valence-corrected chi connectivity index (χ2v) is 5.48. The number of nitriles is 1. The first-order valence-electron chi connectivity index (χ1n) is 7.44. The van der Waals surface area contributed by atoms with Gasteiger partial charge in [0.2, 0.25) is 0 Å². The molecule has 7 heteroatoms. The molecule has 0 saturated heterocycles. The van der Waals surface area contributed by atoms with Crippen LogP contribution in [0.3, 0.4) is 0 Å². The van der Waals surface area contributed by atoms with Gasteiger partial charge in [0.1, 0.15) is 23.3 Å². The summed E-state index contributed by atoms with van der Waals surface area (Å²) >= 11 is 0. The predicted molar refractivity (Wildman–Crippen MR) is 89.2 cm³/mol. The van der Waals surface area contributed by atoms with Crippen molar-refractivity contribution in [2.24, 2.45) is 0 Å². The van der Waals surface area contributed by atoms with Crippen LogP contribution in [0, 0.1) is 17.1 Å². The highest BCUT2D eigenvalue weighted by atomic mass is 19.4. The summed E-state index contributed by atoms with van der Waals surface area (Å²) in [5.74, 6) is -0.648. The van der Waals surface area contributed by atoms with Gasteiger partial charge in [-0.1, -0.05) is 24.3 Å². The minimum Gasteiger partial charge on any atom is -0.383 e. The topological polar surface area (TPSA) is 62.7 Å². The first kappa shape index (κ1) is 17.4. The minimum absolute atomic E-state index is 0.0184. The molecular weight excluding hydrogens is 346 g/mol. The van der Waals surface area contributed by atoms with Crippen molar-refractivity contribution in [2.45, 2.75) is 6.18 Å². The molecule has 2 aromatic carbocycles. The zero-order valence-corrected chi connectivity index (χ0v) is 13.2. The zero-order chi connectivity index (χ0) is 18.9. The lowest BCUT2D eigenvalue weighted by Gasteiger charge is -2.12. The minimum atomic E-state index is -4.47. The molecule has 3 rings (SSSR count). The van der Waals surface area contributed by atoms with E-state index in [1.54, 1.807) is 6.07 Å². The third-order valence-electron chi connectivity index (χ3n) is 3.83.